The van der Waals surface area contributed by atoms with E-state index in [1.54, 1.807) is 22.7 Å². The summed E-state index contributed by atoms with van der Waals surface area (Å²) < 4.78 is 1.74. The molecule has 1 amide bonds. The van der Waals surface area contributed by atoms with Crippen LogP contribution in [0.3, 0.4) is 0 Å². The highest BCUT2D eigenvalue weighted by Crippen LogP contribution is 2.31. The highest BCUT2D eigenvalue weighted by atomic mass is 35.5. The summed E-state index contributed by atoms with van der Waals surface area (Å²) >= 11 is 7.49. The van der Waals surface area contributed by atoms with Gasteiger partial charge in [0.2, 0.25) is 0 Å². The molecule has 0 aliphatic heterocycles. The van der Waals surface area contributed by atoms with E-state index in [-0.39, 0.29) is 5.91 Å². The number of halogens is 1. The van der Waals surface area contributed by atoms with Crippen LogP contribution < -0.4 is 5.32 Å². The number of carbonyl (C=O) groups excluding carboxylic acids is 1. The second kappa shape index (κ2) is 7.04. The van der Waals surface area contributed by atoms with Gasteiger partial charge < -0.3 is 0 Å². The molecule has 0 saturated heterocycles. The van der Waals surface area contributed by atoms with E-state index in [1.165, 1.54) is 22.5 Å². The predicted octanol–water partition coefficient (Wildman–Crippen LogP) is 5.60. The number of hydrogen-bond donors (Lipinski definition) is 1. The van der Waals surface area contributed by atoms with E-state index in [9.17, 15) is 4.79 Å². The molecule has 1 aromatic carbocycles. The van der Waals surface area contributed by atoms with Gasteiger partial charge in [0, 0.05) is 27.7 Å². The van der Waals surface area contributed by atoms with E-state index in [4.69, 9.17) is 11.6 Å². The maximum absolute atomic E-state index is 12.9. The van der Waals surface area contributed by atoms with Crippen LogP contribution in [0.4, 0.5) is 5.13 Å². The molecular weight excluding hydrogens is 392 g/mol. The molecule has 3 aromatic heterocycles. The number of nitrogens with zero attached hydrogens (tertiary/aromatic N) is 3. The number of benzene rings is 1. The molecule has 0 spiro atoms. The zero-order valence-corrected chi connectivity index (χ0v) is 17.6. The summed E-state index contributed by atoms with van der Waals surface area (Å²) in [5, 5.41) is 4.07. The first kappa shape index (κ1) is 18.7. The minimum Gasteiger partial charge on any atom is -0.296 e. The van der Waals surface area contributed by atoms with Crippen molar-refractivity contribution in [2.75, 3.05) is 5.32 Å². The van der Waals surface area contributed by atoms with E-state index in [2.05, 4.69) is 47.3 Å². The van der Waals surface area contributed by atoms with Gasteiger partial charge in [-0.2, -0.15) is 0 Å². The van der Waals surface area contributed by atoms with E-state index < -0.39 is 0 Å². The Hall–Kier alpha value is -2.70. The average Bonchev–Trinajstić information content (AvgIpc) is 3.15. The quantitative estimate of drug-likeness (QED) is 0.478. The molecule has 0 unspecified atom stereocenters. The Morgan fingerprint density at radius 2 is 1.86 bits per heavy atom. The van der Waals surface area contributed by atoms with E-state index in [0.29, 0.717) is 27.2 Å². The zero-order chi connectivity index (χ0) is 20.0. The molecular formula is C21H19ClN4OS. The number of hydrogen-bond acceptors (Lipinski definition) is 4. The molecule has 3 heterocycles. The van der Waals surface area contributed by atoms with Crippen molar-refractivity contribution in [1.82, 2.24) is 14.4 Å². The van der Waals surface area contributed by atoms with Gasteiger partial charge in [-0.25, -0.2) is 9.97 Å². The molecule has 0 bridgehead atoms. The molecule has 0 aliphatic carbocycles. The zero-order valence-electron chi connectivity index (χ0n) is 16.0. The van der Waals surface area contributed by atoms with Crippen LogP contribution in [0.2, 0.25) is 5.02 Å². The Morgan fingerprint density at radius 1 is 1.07 bits per heavy atom. The van der Waals surface area contributed by atoms with Gasteiger partial charge in [-0.15, -0.1) is 11.3 Å². The lowest BCUT2D eigenvalue weighted by atomic mass is 10.0. The lowest BCUT2D eigenvalue weighted by Gasteiger charge is -2.04. The average molecular weight is 411 g/mol. The van der Waals surface area contributed by atoms with E-state index in [0.717, 1.165) is 16.1 Å². The Balaban J connectivity index is 1.66. The molecule has 5 nitrogen and oxygen atoms in total. The minimum absolute atomic E-state index is 0.243. The molecule has 0 aliphatic rings. The van der Waals surface area contributed by atoms with Gasteiger partial charge in [0.05, 0.1) is 11.4 Å². The Labute approximate surface area is 172 Å². The van der Waals surface area contributed by atoms with Gasteiger partial charge >= 0.3 is 0 Å². The lowest BCUT2D eigenvalue weighted by Crippen LogP contribution is -2.15. The molecule has 7 heteroatoms. The summed E-state index contributed by atoms with van der Waals surface area (Å²) in [6.45, 7) is 8.00. The van der Waals surface area contributed by atoms with Crippen LogP contribution in [-0.2, 0) is 0 Å². The molecule has 1 N–H and O–H groups in total. The molecule has 0 radical (unpaired) electrons. The van der Waals surface area contributed by atoms with Crippen LogP contribution in [0, 0.1) is 27.7 Å². The van der Waals surface area contributed by atoms with Gasteiger partial charge in [0.25, 0.3) is 5.91 Å². The van der Waals surface area contributed by atoms with Gasteiger partial charge in [0.1, 0.15) is 11.3 Å². The molecule has 4 rings (SSSR count). The first-order valence-electron chi connectivity index (χ1n) is 8.84. The van der Waals surface area contributed by atoms with Crippen molar-refractivity contribution in [2.45, 2.75) is 27.7 Å². The van der Waals surface area contributed by atoms with Gasteiger partial charge in [-0.1, -0.05) is 23.7 Å². The number of aromatic nitrogens is 3. The second-order valence-electron chi connectivity index (χ2n) is 6.80. The monoisotopic (exact) mass is 410 g/mol. The SMILES string of the molecule is Cc1ccc(-c2nc(NC(=O)c3c(C)nc4cc(Cl)ccn34)sc2C)cc1C. The van der Waals surface area contributed by atoms with Crippen molar-refractivity contribution in [2.24, 2.45) is 0 Å². The Bertz CT molecular complexity index is 1220. The third-order valence-electron chi connectivity index (χ3n) is 4.77. The standard InChI is InChI=1S/C21H19ClN4OS/c1-11-5-6-15(9-12(11)2)18-14(4)28-21(24-18)25-20(27)19-13(3)23-17-10-16(22)7-8-26(17)19/h5-10H,1-4H3,(H,24,25,27). The maximum atomic E-state index is 12.9. The third-order valence-corrected chi connectivity index (χ3v) is 5.90. The maximum Gasteiger partial charge on any atom is 0.276 e. The number of anilines is 1. The number of imidazole rings is 1. The molecule has 142 valence electrons. The van der Waals surface area contributed by atoms with Crippen LogP contribution in [0.5, 0.6) is 0 Å². The number of rotatable bonds is 3. The summed E-state index contributed by atoms with van der Waals surface area (Å²) in [5.74, 6) is -0.243. The molecule has 28 heavy (non-hydrogen) atoms. The van der Waals surface area contributed by atoms with Crippen LogP contribution in [0.15, 0.2) is 36.5 Å². The molecule has 0 atom stereocenters. The summed E-state index contributed by atoms with van der Waals surface area (Å²) in [4.78, 5) is 23.1. The summed E-state index contributed by atoms with van der Waals surface area (Å²) in [6.07, 6.45) is 1.75. The summed E-state index contributed by atoms with van der Waals surface area (Å²) in [7, 11) is 0. The van der Waals surface area contributed by atoms with Crippen molar-refractivity contribution < 1.29 is 4.79 Å². The largest absolute Gasteiger partial charge is 0.296 e. The minimum atomic E-state index is -0.243. The van der Waals surface area contributed by atoms with Crippen LogP contribution in [0.1, 0.15) is 32.2 Å². The van der Waals surface area contributed by atoms with Crippen LogP contribution >= 0.6 is 22.9 Å². The topological polar surface area (TPSA) is 59.3 Å². The van der Waals surface area contributed by atoms with Crippen molar-refractivity contribution in [3.63, 3.8) is 0 Å². The van der Waals surface area contributed by atoms with Crippen molar-refractivity contribution in [3.8, 4) is 11.3 Å². The summed E-state index contributed by atoms with van der Waals surface area (Å²) in [6, 6.07) is 9.75. The van der Waals surface area contributed by atoms with E-state index >= 15 is 0 Å². The fraction of sp³-hybridized carbons (Fsp3) is 0.190. The Kier molecular flexibility index (Phi) is 4.69. The number of thiazole rings is 1. The fourth-order valence-corrected chi connectivity index (χ4v) is 4.16. The number of amides is 1. The normalized spacial score (nSPS) is 11.2. The third kappa shape index (κ3) is 3.30. The van der Waals surface area contributed by atoms with E-state index in [1.807, 2.05) is 13.8 Å². The predicted molar refractivity (Wildman–Crippen MR) is 115 cm³/mol. The first-order valence-corrected chi connectivity index (χ1v) is 10.0. The highest BCUT2D eigenvalue weighted by molar-refractivity contribution is 7.16. The number of carbonyl (C=O) groups is 1. The number of aryl methyl sites for hydroxylation is 4. The number of nitrogens with one attached hydrogen (secondary N) is 1. The Morgan fingerprint density at radius 3 is 2.61 bits per heavy atom. The molecule has 4 aromatic rings. The van der Waals surface area contributed by atoms with Crippen LogP contribution in [0.25, 0.3) is 16.9 Å². The van der Waals surface area contributed by atoms with Crippen molar-refractivity contribution >= 4 is 39.6 Å². The fourth-order valence-electron chi connectivity index (χ4n) is 3.17. The van der Waals surface area contributed by atoms with Crippen molar-refractivity contribution in [3.05, 3.63) is 68.9 Å². The van der Waals surface area contributed by atoms with Gasteiger partial charge in [-0.3, -0.25) is 14.5 Å². The first-order chi connectivity index (χ1) is 13.3. The molecule has 0 saturated carbocycles. The molecule has 0 fully saturated rings. The summed E-state index contributed by atoms with van der Waals surface area (Å²) in [5.41, 5.74) is 6.17. The van der Waals surface area contributed by atoms with Crippen LogP contribution in [-0.4, -0.2) is 20.3 Å². The number of fused-ring (bicyclic) bond motifs is 1. The smallest absolute Gasteiger partial charge is 0.276 e. The highest BCUT2D eigenvalue weighted by Gasteiger charge is 2.19. The van der Waals surface area contributed by atoms with Crippen molar-refractivity contribution in [1.29, 1.82) is 0 Å². The number of pyridine rings is 1. The lowest BCUT2D eigenvalue weighted by molar-refractivity contribution is 0.102. The second-order valence-corrected chi connectivity index (χ2v) is 8.44. The van der Waals surface area contributed by atoms with Gasteiger partial charge in [0.15, 0.2) is 5.13 Å². The van der Waals surface area contributed by atoms with Gasteiger partial charge in [-0.05, 0) is 51.0 Å².